The lowest BCUT2D eigenvalue weighted by Gasteiger charge is -2.27. The minimum Gasteiger partial charge on any atom is -0.461 e. The van der Waals surface area contributed by atoms with Crippen molar-refractivity contribution in [2.45, 2.75) is 66.5 Å². The van der Waals surface area contributed by atoms with Crippen LogP contribution in [-0.4, -0.2) is 38.1 Å². The number of hydrogen-bond acceptors (Lipinski definition) is 5. The van der Waals surface area contributed by atoms with Gasteiger partial charge in [-0.2, -0.15) is 5.10 Å². The van der Waals surface area contributed by atoms with Crippen molar-refractivity contribution in [3.8, 4) is 17.0 Å². The van der Waals surface area contributed by atoms with Crippen LogP contribution in [0.1, 0.15) is 64.4 Å². The predicted molar refractivity (Wildman–Crippen MR) is 119 cm³/mol. The molecule has 0 spiro atoms. The molecule has 0 saturated heterocycles. The second kappa shape index (κ2) is 8.75. The maximum absolute atomic E-state index is 13.3. The topological polar surface area (TPSA) is 77.2 Å². The summed E-state index contributed by atoms with van der Waals surface area (Å²) in [5.41, 5.74) is 2.75. The van der Waals surface area contributed by atoms with Crippen molar-refractivity contribution in [2.75, 3.05) is 0 Å². The fourth-order valence-electron chi connectivity index (χ4n) is 3.33. The Morgan fingerprint density at radius 3 is 2.55 bits per heavy atom. The van der Waals surface area contributed by atoms with E-state index >= 15 is 0 Å². The van der Waals surface area contributed by atoms with Crippen LogP contribution in [0.4, 0.5) is 4.39 Å². The van der Waals surface area contributed by atoms with E-state index in [0.717, 1.165) is 11.1 Å². The SMILES string of the molecule is CC(F)Oc1cccc(-c2nn(C(C)C)c3cc(C(=O)CC(C)(C)[C@H](C)O)cnc23)c1. The summed E-state index contributed by atoms with van der Waals surface area (Å²) in [7, 11) is 0. The Balaban J connectivity index is 2.06. The van der Waals surface area contributed by atoms with Gasteiger partial charge in [0, 0.05) is 36.7 Å². The van der Waals surface area contributed by atoms with Gasteiger partial charge in [-0.15, -0.1) is 0 Å². The number of rotatable bonds is 8. The lowest BCUT2D eigenvalue weighted by molar-refractivity contribution is 0.0526. The van der Waals surface area contributed by atoms with Gasteiger partial charge in [0.2, 0.25) is 6.36 Å². The average molecular weight is 428 g/mol. The number of ether oxygens (including phenoxy) is 1. The van der Waals surface area contributed by atoms with Gasteiger partial charge >= 0.3 is 0 Å². The molecule has 6 nitrogen and oxygen atoms in total. The van der Waals surface area contributed by atoms with Gasteiger partial charge in [0.25, 0.3) is 0 Å². The molecule has 0 fully saturated rings. The molecule has 0 radical (unpaired) electrons. The number of carbonyl (C=O) groups is 1. The monoisotopic (exact) mass is 427 g/mol. The van der Waals surface area contributed by atoms with Gasteiger partial charge in [-0.05, 0) is 44.4 Å². The molecular weight excluding hydrogens is 397 g/mol. The van der Waals surface area contributed by atoms with E-state index in [4.69, 9.17) is 9.84 Å². The Labute approximate surface area is 182 Å². The third-order valence-corrected chi connectivity index (χ3v) is 5.51. The van der Waals surface area contributed by atoms with Crippen molar-refractivity contribution in [1.82, 2.24) is 14.8 Å². The van der Waals surface area contributed by atoms with Crippen LogP contribution >= 0.6 is 0 Å². The van der Waals surface area contributed by atoms with Crippen LogP contribution in [0.25, 0.3) is 22.3 Å². The third-order valence-electron chi connectivity index (χ3n) is 5.51. The van der Waals surface area contributed by atoms with Crippen LogP contribution in [0.3, 0.4) is 0 Å². The predicted octanol–water partition coefficient (Wildman–Crippen LogP) is 5.35. The lowest BCUT2D eigenvalue weighted by atomic mass is 9.81. The zero-order chi connectivity index (χ0) is 22.9. The number of nitrogens with zero attached hydrogens (tertiary/aromatic N) is 3. The number of hydrogen-bond donors (Lipinski definition) is 1. The van der Waals surface area contributed by atoms with Crippen molar-refractivity contribution in [3.05, 3.63) is 42.1 Å². The molecule has 7 heteroatoms. The largest absolute Gasteiger partial charge is 0.461 e. The van der Waals surface area contributed by atoms with E-state index in [2.05, 4.69) is 4.98 Å². The third kappa shape index (κ3) is 4.93. The highest BCUT2D eigenvalue weighted by Crippen LogP contribution is 2.32. The highest BCUT2D eigenvalue weighted by Gasteiger charge is 2.28. The standard InChI is InChI=1S/C24H30FN3O3/c1-14(2)28-20-11-18(21(30)12-24(5,6)15(3)29)13-26-23(20)22(27-28)17-8-7-9-19(10-17)31-16(4)25/h7-11,13-16,29H,12H2,1-6H3/t15-,16?/m0/s1. The first kappa shape index (κ1) is 22.9. The number of aliphatic hydroxyl groups excluding tert-OH is 1. The van der Waals surface area contributed by atoms with Crippen molar-refractivity contribution in [2.24, 2.45) is 5.41 Å². The first-order chi connectivity index (χ1) is 14.5. The van der Waals surface area contributed by atoms with E-state index in [9.17, 15) is 14.3 Å². The normalized spacial score (nSPS) is 14.1. The van der Waals surface area contributed by atoms with Crippen LogP contribution in [0.15, 0.2) is 36.5 Å². The van der Waals surface area contributed by atoms with Crippen molar-refractivity contribution in [3.63, 3.8) is 0 Å². The molecule has 0 bridgehead atoms. The molecule has 166 valence electrons. The van der Waals surface area contributed by atoms with Gasteiger partial charge in [-0.25, -0.2) is 4.39 Å². The Hall–Kier alpha value is -2.80. The van der Waals surface area contributed by atoms with Crippen LogP contribution in [-0.2, 0) is 0 Å². The highest BCUT2D eigenvalue weighted by atomic mass is 19.1. The number of aliphatic hydroxyl groups is 1. The Morgan fingerprint density at radius 2 is 1.94 bits per heavy atom. The second-order valence-corrected chi connectivity index (χ2v) is 8.93. The van der Waals surface area contributed by atoms with E-state index in [1.54, 1.807) is 31.3 Å². The summed E-state index contributed by atoms with van der Waals surface area (Å²) in [5.74, 6) is 0.331. The van der Waals surface area contributed by atoms with E-state index < -0.39 is 17.9 Å². The van der Waals surface area contributed by atoms with Crippen LogP contribution in [0.5, 0.6) is 5.75 Å². The first-order valence-electron chi connectivity index (χ1n) is 10.5. The summed E-state index contributed by atoms with van der Waals surface area (Å²) >= 11 is 0. The van der Waals surface area contributed by atoms with E-state index in [1.165, 1.54) is 6.92 Å². The molecule has 1 unspecified atom stereocenters. The number of benzene rings is 1. The zero-order valence-electron chi connectivity index (χ0n) is 18.9. The molecule has 31 heavy (non-hydrogen) atoms. The molecule has 0 aliphatic heterocycles. The quantitative estimate of drug-likeness (QED) is 0.490. The summed E-state index contributed by atoms with van der Waals surface area (Å²) in [6.45, 7) is 10.8. The first-order valence-corrected chi connectivity index (χ1v) is 10.5. The summed E-state index contributed by atoms with van der Waals surface area (Å²) in [6, 6.07) is 8.92. The molecule has 2 heterocycles. The molecule has 3 aromatic rings. The molecule has 1 N–H and O–H groups in total. The molecule has 2 aromatic heterocycles. The number of pyridine rings is 1. The maximum Gasteiger partial charge on any atom is 0.235 e. The van der Waals surface area contributed by atoms with Gasteiger partial charge in [0.05, 0.1) is 11.6 Å². The van der Waals surface area contributed by atoms with E-state index in [1.807, 2.05) is 44.5 Å². The van der Waals surface area contributed by atoms with Crippen LogP contribution in [0, 0.1) is 5.41 Å². The molecule has 0 aliphatic carbocycles. The number of aromatic nitrogens is 3. The molecule has 2 atom stereocenters. The minimum atomic E-state index is -1.42. The molecule has 1 aromatic carbocycles. The Bertz CT molecular complexity index is 1090. The second-order valence-electron chi connectivity index (χ2n) is 8.93. The van der Waals surface area contributed by atoms with Crippen molar-refractivity contribution >= 4 is 16.8 Å². The van der Waals surface area contributed by atoms with Crippen molar-refractivity contribution in [1.29, 1.82) is 0 Å². The van der Waals surface area contributed by atoms with Gasteiger partial charge in [0.15, 0.2) is 5.78 Å². The molecule has 3 rings (SSSR count). The number of halogens is 1. The fraction of sp³-hybridized carbons (Fsp3) is 0.458. The van der Waals surface area contributed by atoms with Gasteiger partial charge < -0.3 is 9.84 Å². The van der Waals surface area contributed by atoms with Gasteiger partial charge in [0.1, 0.15) is 17.0 Å². The summed E-state index contributed by atoms with van der Waals surface area (Å²) in [4.78, 5) is 17.4. The number of fused-ring (bicyclic) bond motifs is 1. The maximum atomic E-state index is 13.3. The minimum absolute atomic E-state index is 0.0441. The number of ketones is 1. The van der Waals surface area contributed by atoms with Gasteiger partial charge in [-0.1, -0.05) is 26.0 Å². The Kier molecular flexibility index (Phi) is 6.46. The van der Waals surface area contributed by atoms with Crippen LogP contribution in [0.2, 0.25) is 0 Å². The van der Waals surface area contributed by atoms with Gasteiger partial charge in [-0.3, -0.25) is 14.5 Å². The van der Waals surface area contributed by atoms with E-state index in [-0.39, 0.29) is 18.2 Å². The Morgan fingerprint density at radius 1 is 1.23 bits per heavy atom. The lowest BCUT2D eigenvalue weighted by Crippen LogP contribution is -2.29. The summed E-state index contributed by atoms with van der Waals surface area (Å²) in [6.07, 6.45) is -0.260. The highest BCUT2D eigenvalue weighted by molar-refractivity contribution is 6.00. The summed E-state index contributed by atoms with van der Waals surface area (Å²) < 4.78 is 20.3. The number of Topliss-reactive ketones (excluding diaryl/α,β-unsaturated/α-hetero) is 1. The summed E-state index contributed by atoms with van der Waals surface area (Å²) in [5, 5.41) is 14.7. The fourth-order valence-corrected chi connectivity index (χ4v) is 3.33. The molecule has 0 amide bonds. The number of carbonyl (C=O) groups excluding carboxylic acids is 1. The average Bonchev–Trinajstić information content (AvgIpc) is 3.06. The molecule has 0 saturated carbocycles. The molecule has 0 aliphatic rings. The number of alkyl halides is 1. The van der Waals surface area contributed by atoms with Crippen LogP contribution < -0.4 is 4.74 Å². The zero-order valence-corrected chi connectivity index (χ0v) is 18.9. The van der Waals surface area contributed by atoms with Crippen molar-refractivity contribution < 1.29 is 19.0 Å². The molecular formula is C24H30FN3O3. The smallest absolute Gasteiger partial charge is 0.235 e. The van der Waals surface area contributed by atoms with E-state index in [0.29, 0.717) is 22.5 Å².